The van der Waals surface area contributed by atoms with Gasteiger partial charge in [-0.05, 0) is 57.9 Å². The molecule has 9 nitrogen and oxygen atoms in total. The van der Waals surface area contributed by atoms with Gasteiger partial charge in [-0.1, -0.05) is 0 Å². The number of nitrogens with one attached hydrogen (secondary N) is 1. The predicted molar refractivity (Wildman–Crippen MR) is 128 cm³/mol. The van der Waals surface area contributed by atoms with Gasteiger partial charge in [0.1, 0.15) is 5.00 Å². The molecule has 0 radical (unpaired) electrons. The second-order valence-corrected chi connectivity index (χ2v) is 8.39. The average Bonchev–Trinajstić information content (AvgIpc) is 3.17. The van der Waals surface area contributed by atoms with E-state index in [9.17, 15) is 14.4 Å². The molecule has 1 aliphatic heterocycles. The first-order valence-corrected chi connectivity index (χ1v) is 12.2. The number of esters is 1. The third-order valence-corrected chi connectivity index (χ3v) is 6.23. The van der Waals surface area contributed by atoms with E-state index in [0.29, 0.717) is 60.4 Å². The zero-order valence-electron chi connectivity index (χ0n) is 19.9. The van der Waals surface area contributed by atoms with E-state index in [1.54, 1.807) is 36.9 Å². The van der Waals surface area contributed by atoms with Crippen molar-refractivity contribution in [3.05, 3.63) is 39.8 Å². The van der Waals surface area contributed by atoms with E-state index >= 15 is 0 Å². The molecule has 0 spiro atoms. The van der Waals surface area contributed by atoms with Crippen molar-refractivity contribution in [2.24, 2.45) is 0 Å². The van der Waals surface area contributed by atoms with Crippen LogP contribution in [0.3, 0.4) is 0 Å². The van der Waals surface area contributed by atoms with Crippen LogP contribution in [0.15, 0.2) is 18.2 Å². The fourth-order valence-corrected chi connectivity index (χ4v) is 4.90. The number of amides is 2. The number of carbonyl (C=O) groups excluding carboxylic acids is 3. The van der Waals surface area contributed by atoms with Gasteiger partial charge >= 0.3 is 12.1 Å². The van der Waals surface area contributed by atoms with Crippen molar-refractivity contribution in [2.75, 3.05) is 38.3 Å². The largest absolute Gasteiger partial charge is 0.490 e. The lowest BCUT2D eigenvalue weighted by Crippen LogP contribution is -2.36. The number of carbonyl (C=O) groups is 3. The van der Waals surface area contributed by atoms with Crippen molar-refractivity contribution in [1.82, 2.24) is 4.90 Å². The topological polar surface area (TPSA) is 103 Å². The molecule has 1 aromatic heterocycles. The van der Waals surface area contributed by atoms with Gasteiger partial charge in [0.15, 0.2) is 11.5 Å². The van der Waals surface area contributed by atoms with Crippen molar-refractivity contribution in [3.63, 3.8) is 0 Å². The lowest BCUT2D eigenvalue weighted by atomic mass is 10.0. The number of hydrogen-bond acceptors (Lipinski definition) is 8. The normalized spacial score (nSPS) is 12.5. The fraction of sp³-hybridized carbons (Fsp3) is 0.458. The van der Waals surface area contributed by atoms with Crippen LogP contribution >= 0.6 is 11.3 Å². The smallest absolute Gasteiger partial charge is 0.410 e. The number of ether oxygens (including phenoxy) is 4. The minimum Gasteiger partial charge on any atom is -0.490 e. The molecular weight excluding hydrogens is 460 g/mol. The average molecular weight is 491 g/mol. The lowest BCUT2D eigenvalue weighted by molar-refractivity contribution is 0.0526. The lowest BCUT2D eigenvalue weighted by Gasteiger charge is -2.26. The van der Waals surface area contributed by atoms with Gasteiger partial charge in [-0.15, -0.1) is 11.3 Å². The molecule has 0 saturated carbocycles. The second kappa shape index (κ2) is 11.7. The van der Waals surface area contributed by atoms with E-state index in [1.807, 2.05) is 13.8 Å². The highest BCUT2D eigenvalue weighted by Gasteiger charge is 2.31. The van der Waals surface area contributed by atoms with Crippen LogP contribution in [0, 0.1) is 0 Å². The molecule has 1 N–H and O–H groups in total. The number of benzene rings is 1. The van der Waals surface area contributed by atoms with E-state index in [0.717, 1.165) is 10.4 Å². The van der Waals surface area contributed by atoms with Crippen molar-refractivity contribution < 1.29 is 33.3 Å². The summed E-state index contributed by atoms with van der Waals surface area (Å²) in [6, 6.07) is 4.94. The van der Waals surface area contributed by atoms with Crippen LogP contribution in [-0.2, 0) is 22.4 Å². The zero-order valence-corrected chi connectivity index (χ0v) is 20.7. The molecule has 2 aromatic rings. The quantitative estimate of drug-likeness (QED) is 0.517. The summed E-state index contributed by atoms with van der Waals surface area (Å²) in [5.41, 5.74) is 1.50. The Kier molecular flexibility index (Phi) is 8.75. The van der Waals surface area contributed by atoms with Crippen LogP contribution in [0.4, 0.5) is 9.80 Å². The zero-order chi connectivity index (χ0) is 24.7. The van der Waals surface area contributed by atoms with Crippen molar-refractivity contribution in [1.29, 1.82) is 0 Å². The summed E-state index contributed by atoms with van der Waals surface area (Å²) in [6.07, 6.45) is 0.0642. The van der Waals surface area contributed by atoms with Gasteiger partial charge in [-0.25, -0.2) is 9.59 Å². The molecule has 10 heteroatoms. The van der Waals surface area contributed by atoms with E-state index in [1.165, 1.54) is 11.3 Å². The molecule has 2 amide bonds. The Labute approximate surface area is 202 Å². The van der Waals surface area contributed by atoms with Gasteiger partial charge in [0.25, 0.3) is 5.91 Å². The number of rotatable bonds is 9. The van der Waals surface area contributed by atoms with E-state index < -0.39 is 18.0 Å². The SMILES string of the molecule is CCOC(=O)c1c(NC(=O)c2ccc(OCC)c(OCC)c2)sc2c1CCN(C(=O)OCC)C2. The number of nitrogens with zero attached hydrogens (tertiary/aromatic N) is 1. The van der Waals surface area contributed by atoms with E-state index in [4.69, 9.17) is 18.9 Å². The number of anilines is 1. The molecule has 0 unspecified atom stereocenters. The maximum absolute atomic E-state index is 13.1. The summed E-state index contributed by atoms with van der Waals surface area (Å²) in [5, 5.41) is 3.26. The van der Waals surface area contributed by atoms with Crippen LogP contribution in [0.5, 0.6) is 11.5 Å². The van der Waals surface area contributed by atoms with Gasteiger partial charge in [-0.2, -0.15) is 0 Å². The first kappa shape index (κ1) is 25.4. The van der Waals surface area contributed by atoms with Crippen molar-refractivity contribution in [3.8, 4) is 11.5 Å². The first-order valence-electron chi connectivity index (χ1n) is 11.4. The molecule has 0 saturated heterocycles. The van der Waals surface area contributed by atoms with Gasteiger partial charge in [0, 0.05) is 17.0 Å². The number of fused-ring (bicyclic) bond motifs is 1. The van der Waals surface area contributed by atoms with E-state index in [2.05, 4.69) is 5.32 Å². The maximum Gasteiger partial charge on any atom is 0.410 e. The van der Waals surface area contributed by atoms with Crippen molar-refractivity contribution in [2.45, 2.75) is 40.7 Å². The summed E-state index contributed by atoms with van der Waals surface area (Å²) in [7, 11) is 0. The molecular formula is C24H30N2O7S. The molecule has 184 valence electrons. The van der Waals surface area contributed by atoms with E-state index in [-0.39, 0.29) is 13.2 Å². The molecule has 1 aliphatic rings. The first-order chi connectivity index (χ1) is 16.4. The summed E-state index contributed by atoms with van der Waals surface area (Å²) in [5.74, 6) is 0.133. The summed E-state index contributed by atoms with van der Waals surface area (Å²) in [6.45, 7) is 9.31. The summed E-state index contributed by atoms with van der Waals surface area (Å²) in [4.78, 5) is 40.5. The van der Waals surface area contributed by atoms with Crippen molar-refractivity contribution >= 4 is 34.3 Å². The van der Waals surface area contributed by atoms with Crippen LogP contribution in [0.1, 0.15) is 58.9 Å². The molecule has 34 heavy (non-hydrogen) atoms. The van der Waals surface area contributed by atoms with Gasteiger partial charge < -0.3 is 29.2 Å². The maximum atomic E-state index is 13.1. The molecule has 2 heterocycles. The third kappa shape index (κ3) is 5.61. The van der Waals surface area contributed by atoms with Gasteiger partial charge in [-0.3, -0.25) is 4.79 Å². The van der Waals surface area contributed by atoms with Crippen LogP contribution in [0.2, 0.25) is 0 Å². The fourth-order valence-electron chi connectivity index (χ4n) is 3.65. The third-order valence-electron chi connectivity index (χ3n) is 5.10. The summed E-state index contributed by atoms with van der Waals surface area (Å²) < 4.78 is 21.6. The number of hydrogen-bond donors (Lipinski definition) is 1. The Morgan fingerprint density at radius 3 is 2.35 bits per heavy atom. The Bertz CT molecular complexity index is 1050. The highest BCUT2D eigenvalue weighted by atomic mass is 32.1. The minimum atomic E-state index is -0.499. The van der Waals surface area contributed by atoms with Gasteiger partial charge in [0.05, 0.1) is 38.5 Å². The predicted octanol–water partition coefficient (Wildman–Crippen LogP) is 4.49. The number of thiophene rings is 1. The van der Waals surface area contributed by atoms with Crippen LogP contribution in [-0.4, -0.2) is 55.8 Å². The minimum absolute atomic E-state index is 0.211. The highest BCUT2D eigenvalue weighted by Crippen LogP contribution is 2.38. The highest BCUT2D eigenvalue weighted by molar-refractivity contribution is 7.17. The molecule has 3 rings (SSSR count). The molecule has 0 fully saturated rings. The summed E-state index contributed by atoms with van der Waals surface area (Å²) >= 11 is 1.27. The Morgan fingerprint density at radius 2 is 1.68 bits per heavy atom. The molecule has 0 aliphatic carbocycles. The molecule has 1 aromatic carbocycles. The van der Waals surface area contributed by atoms with Crippen LogP contribution < -0.4 is 14.8 Å². The molecule has 0 atom stereocenters. The molecule has 0 bridgehead atoms. The Hall–Kier alpha value is -3.27. The van der Waals surface area contributed by atoms with Crippen LogP contribution in [0.25, 0.3) is 0 Å². The second-order valence-electron chi connectivity index (χ2n) is 7.28. The standard InChI is InChI=1S/C24H30N2O7S/c1-5-30-17-10-9-15(13-18(17)31-6-2)21(27)25-22-20(23(28)32-7-3)16-11-12-26(14-19(16)34-22)24(29)33-8-4/h9-10,13H,5-8,11-12,14H2,1-4H3,(H,25,27). The Morgan fingerprint density at radius 1 is 0.971 bits per heavy atom. The Balaban J connectivity index is 1.90. The van der Waals surface area contributed by atoms with Gasteiger partial charge in [0.2, 0.25) is 0 Å². The monoisotopic (exact) mass is 490 g/mol.